The van der Waals surface area contributed by atoms with E-state index in [1.165, 1.54) is 4.90 Å². The van der Waals surface area contributed by atoms with Crippen LogP contribution in [0.2, 0.25) is 5.02 Å². The van der Waals surface area contributed by atoms with Gasteiger partial charge in [-0.15, -0.1) is 0 Å². The zero-order valence-electron chi connectivity index (χ0n) is 20.6. The Balaban J connectivity index is 1.73. The summed E-state index contributed by atoms with van der Waals surface area (Å²) in [6, 6.07) is 24.7. The van der Waals surface area contributed by atoms with Crippen LogP contribution in [0.5, 0.6) is 5.75 Å². The lowest BCUT2D eigenvalue weighted by atomic mass is 9.91. The molecule has 37 heavy (non-hydrogen) atoms. The molecule has 0 spiro atoms. The second-order valence-corrected chi connectivity index (χ2v) is 9.48. The summed E-state index contributed by atoms with van der Waals surface area (Å²) in [7, 11) is 0. The molecule has 1 saturated heterocycles. The highest BCUT2D eigenvalue weighted by molar-refractivity contribution is 6.52. The van der Waals surface area contributed by atoms with Crippen LogP contribution in [0.3, 0.4) is 0 Å². The number of carbonyl (C=O) groups is 2. The molecule has 186 valence electrons. The van der Waals surface area contributed by atoms with E-state index in [4.69, 9.17) is 16.3 Å². The normalized spacial score (nSPS) is 16.9. The van der Waals surface area contributed by atoms with Gasteiger partial charge < -0.3 is 9.84 Å². The van der Waals surface area contributed by atoms with Crippen LogP contribution in [-0.4, -0.2) is 23.4 Å². The van der Waals surface area contributed by atoms with Crippen LogP contribution in [-0.2, 0) is 9.59 Å². The largest absolute Gasteiger partial charge is 0.507 e. The summed E-state index contributed by atoms with van der Waals surface area (Å²) in [5.74, 6) is -0.959. The Morgan fingerprint density at radius 3 is 2.43 bits per heavy atom. The minimum absolute atomic E-state index is 0.0397. The van der Waals surface area contributed by atoms with Crippen LogP contribution in [0.15, 0.2) is 90.5 Å². The number of rotatable bonds is 6. The van der Waals surface area contributed by atoms with E-state index in [9.17, 15) is 14.7 Å². The minimum atomic E-state index is -0.830. The summed E-state index contributed by atoms with van der Waals surface area (Å²) in [6.45, 7) is 4.50. The maximum Gasteiger partial charge on any atom is 0.300 e. The third-order valence-corrected chi connectivity index (χ3v) is 6.83. The van der Waals surface area contributed by atoms with Gasteiger partial charge in [0.25, 0.3) is 11.7 Å². The molecule has 1 fully saturated rings. The van der Waals surface area contributed by atoms with Crippen molar-refractivity contribution < 1.29 is 19.4 Å². The van der Waals surface area contributed by atoms with Gasteiger partial charge in [-0.1, -0.05) is 61.0 Å². The standard InChI is InChI=1S/C31H26ClNO4/c1-3-17-37-26-16-11-21(18-19(26)2)29(34)27-28(25-10-6-8-20-7-4-5-9-24(20)25)33(31(36)30(27)35)23-14-12-22(32)13-15-23/h4-16,18,28,34H,3,17H2,1-2H3/b29-27-. The molecular weight excluding hydrogens is 486 g/mol. The molecule has 0 bridgehead atoms. The third-order valence-electron chi connectivity index (χ3n) is 6.58. The molecule has 4 aromatic rings. The number of ketones is 1. The first kappa shape index (κ1) is 24.6. The quantitative estimate of drug-likeness (QED) is 0.169. The Labute approximate surface area is 220 Å². The predicted octanol–water partition coefficient (Wildman–Crippen LogP) is 7.22. The molecule has 1 aliphatic rings. The number of nitrogens with zero attached hydrogens (tertiary/aromatic N) is 1. The number of benzene rings is 4. The Morgan fingerprint density at radius 1 is 0.973 bits per heavy atom. The van der Waals surface area contributed by atoms with E-state index < -0.39 is 17.7 Å². The number of hydrogen-bond donors (Lipinski definition) is 1. The monoisotopic (exact) mass is 511 g/mol. The summed E-state index contributed by atoms with van der Waals surface area (Å²) in [5, 5.41) is 13.9. The minimum Gasteiger partial charge on any atom is -0.507 e. The summed E-state index contributed by atoms with van der Waals surface area (Å²) >= 11 is 6.10. The molecule has 0 aromatic heterocycles. The number of carbonyl (C=O) groups excluding carboxylic acids is 2. The molecule has 0 saturated carbocycles. The highest BCUT2D eigenvalue weighted by atomic mass is 35.5. The number of anilines is 1. The Bertz CT molecular complexity index is 1540. The highest BCUT2D eigenvalue weighted by Crippen LogP contribution is 2.44. The molecule has 5 rings (SSSR count). The van der Waals surface area contributed by atoms with Gasteiger partial charge in [0.2, 0.25) is 0 Å². The smallest absolute Gasteiger partial charge is 0.300 e. The lowest BCUT2D eigenvalue weighted by molar-refractivity contribution is -0.132. The number of aryl methyl sites for hydroxylation is 1. The van der Waals surface area contributed by atoms with E-state index in [1.54, 1.807) is 42.5 Å². The van der Waals surface area contributed by atoms with Gasteiger partial charge in [0.1, 0.15) is 11.5 Å². The number of aliphatic hydroxyl groups is 1. The van der Waals surface area contributed by atoms with Crippen LogP contribution in [0, 0.1) is 6.92 Å². The van der Waals surface area contributed by atoms with Gasteiger partial charge in [0.05, 0.1) is 18.2 Å². The summed E-state index contributed by atoms with van der Waals surface area (Å²) in [6.07, 6.45) is 0.875. The number of fused-ring (bicyclic) bond motifs is 1. The van der Waals surface area contributed by atoms with Crippen molar-refractivity contribution in [1.82, 2.24) is 0 Å². The fraction of sp³-hybridized carbons (Fsp3) is 0.161. The summed E-state index contributed by atoms with van der Waals surface area (Å²) in [4.78, 5) is 28.4. The number of Topliss-reactive ketones (excluding diaryl/α,β-unsaturated/α-hetero) is 1. The van der Waals surface area contributed by atoms with Crippen molar-refractivity contribution in [3.8, 4) is 5.75 Å². The van der Waals surface area contributed by atoms with Crippen LogP contribution >= 0.6 is 11.6 Å². The zero-order chi connectivity index (χ0) is 26.1. The Kier molecular flexibility index (Phi) is 6.72. The second kappa shape index (κ2) is 10.1. The number of aliphatic hydroxyl groups excluding tert-OH is 1. The average Bonchev–Trinajstić information content (AvgIpc) is 3.17. The number of hydrogen-bond acceptors (Lipinski definition) is 4. The molecule has 0 aliphatic carbocycles. The Hall–Kier alpha value is -4.09. The maximum atomic E-state index is 13.5. The maximum absolute atomic E-state index is 13.5. The topological polar surface area (TPSA) is 66.8 Å². The number of ether oxygens (including phenoxy) is 1. The van der Waals surface area contributed by atoms with Crippen molar-refractivity contribution in [3.05, 3.63) is 112 Å². The predicted molar refractivity (Wildman–Crippen MR) is 147 cm³/mol. The van der Waals surface area contributed by atoms with Crippen molar-refractivity contribution in [3.63, 3.8) is 0 Å². The lowest BCUT2D eigenvalue weighted by Gasteiger charge is -2.26. The molecular formula is C31H26ClNO4. The van der Waals surface area contributed by atoms with Crippen LogP contribution in [0.4, 0.5) is 5.69 Å². The van der Waals surface area contributed by atoms with Gasteiger partial charge in [-0.3, -0.25) is 14.5 Å². The summed E-state index contributed by atoms with van der Waals surface area (Å²) < 4.78 is 5.77. The molecule has 1 amide bonds. The van der Waals surface area contributed by atoms with E-state index in [0.717, 1.165) is 28.3 Å². The lowest BCUT2D eigenvalue weighted by Crippen LogP contribution is -2.29. The molecule has 1 atom stereocenters. The summed E-state index contributed by atoms with van der Waals surface area (Å²) in [5.41, 5.74) is 2.57. The zero-order valence-corrected chi connectivity index (χ0v) is 21.3. The average molecular weight is 512 g/mol. The van der Waals surface area contributed by atoms with Crippen molar-refractivity contribution >= 4 is 45.5 Å². The third kappa shape index (κ3) is 4.47. The molecule has 6 heteroatoms. The molecule has 1 unspecified atom stereocenters. The first-order chi connectivity index (χ1) is 17.9. The van der Waals surface area contributed by atoms with Gasteiger partial charge in [0, 0.05) is 16.3 Å². The molecule has 5 nitrogen and oxygen atoms in total. The SMILES string of the molecule is CCCOc1ccc(/C(O)=C2/C(=O)C(=O)N(c3ccc(Cl)cc3)C2c2cccc3ccccc23)cc1C. The first-order valence-electron chi connectivity index (χ1n) is 12.2. The van der Waals surface area contributed by atoms with Crippen molar-refractivity contribution in [2.45, 2.75) is 26.3 Å². The molecule has 4 aromatic carbocycles. The fourth-order valence-corrected chi connectivity index (χ4v) is 4.94. The van der Waals surface area contributed by atoms with E-state index in [-0.39, 0.29) is 11.3 Å². The van der Waals surface area contributed by atoms with Crippen LogP contribution < -0.4 is 9.64 Å². The Morgan fingerprint density at radius 2 is 1.70 bits per heavy atom. The van der Waals surface area contributed by atoms with Crippen molar-refractivity contribution in [2.24, 2.45) is 0 Å². The number of halogens is 1. The molecule has 1 N–H and O–H groups in total. The van der Waals surface area contributed by atoms with Crippen molar-refractivity contribution in [1.29, 1.82) is 0 Å². The van der Waals surface area contributed by atoms with Crippen LogP contribution in [0.1, 0.15) is 36.1 Å². The van der Waals surface area contributed by atoms with E-state index in [2.05, 4.69) is 0 Å². The van der Waals surface area contributed by atoms with Crippen LogP contribution in [0.25, 0.3) is 16.5 Å². The van der Waals surface area contributed by atoms with E-state index in [1.807, 2.05) is 56.3 Å². The fourth-order valence-electron chi connectivity index (χ4n) is 4.81. The van der Waals surface area contributed by atoms with E-state index in [0.29, 0.717) is 28.6 Å². The molecule has 0 radical (unpaired) electrons. The van der Waals surface area contributed by atoms with Crippen molar-refractivity contribution in [2.75, 3.05) is 11.5 Å². The van der Waals surface area contributed by atoms with Gasteiger partial charge in [-0.2, -0.15) is 0 Å². The first-order valence-corrected chi connectivity index (χ1v) is 12.6. The van der Waals surface area contributed by atoms with E-state index >= 15 is 0 Å². The molecule has 1 heterocycles. The van der Waals surface area contributed by atoms with Gasteiger partial charge in [-0.05, 0) is 77.7 Å². The number of amides is 1. The van der Waals surface area contributed by atoms with Gasteiger partial charge in [0.15, 0.2) is 0 Å². The molecule has 1 aliphatic heterocycles. The van der Waals surface area contributed by atoms with Gasteiger partial charge >= 0.3 is 0 Å². The highest BCUT2D eigenvalue weighted by Gasteiger charge is 2.47. The van der Waals surface area contributed by atoms with Gasteiger partial charge in [-0.25, -0.2) is 0 Å². The second-order valence-electron chi connectivity index (χ2n) is 9.04.